The van der Waals surface area contributed by atoms with Gasteiger partial charge < -0.3 is 14.8 Å². The second kappa shape index (κ2) is 8.35. The minimum atomic E-state index is -1.21. The van der Waals surface area contributed by atoms with Gasteiger partial charge in [-0.15, -0.1) is 0 Å². The molecule has 6 nitrogen and oxygen atoms in total. The topological polar surface area (TPSA) is 67.9 Å². The fourth-order valence-corrected chi connectivity index (χ4v) is 4.06. The SMILES string of the molecule is CC1(C(=O)NCC(c2ccccc2)N2CCOCC2)Cc2ccccc2C(=O)O1. The van der Waals surface area contributed by atoms with E-state index in [0.717, 1.165) is 24.2 Å². The van der Waals surface area contributed by atoms with Crippen molar-refractivity contribution < 1.29 is 19.1 Å². The molecule has 1 fully saturated rings. The molecule has 0 bridgehead atoms. The van der Waals surface area contributed by atoms with Crippen LogP contribution in [0.3, 0.4) is 0 Å². The molecule has 6 heteroatoms. The number of esters is 1. The van der Waals surface area contributed by atoms with Crippen LogP contribution in [0.15, 0.2) is 54.6 Å². The Kier molecular flexibility index (Phi) is 5.65. The van der Waals surface area contributed by atoms with E-state index in [0.29, 0.717) is 31.7 Å². The van der Waals surface area contributed by atoms with Crippen LogP contribution in [0.4, 0.5) is 0 Å². The van der Waals surface area contributed by atoms with E-state index in [2.05, 4.69) is 22.3 Å². The van der Waals surface area contributed by atoms with Gasteiger partial charge in [0, 0.05) is 26.1 Å². The summed E-state index contributed by atoms with van der Waals surface area (Å²) in [5.74, 6) is -0.716. The molecule has 4 rings (SSSR count). The van der Waals surface area contributed by atoms with Gasteiger partial charge >= 0.3 is 5.97 Å². The fraction of sp³-hybridized carbons (Fsp3) is 0.391. The Morgan fingerprint density at radius 3 is 2.55 bits per heavy atom. The van der Waals surface area contributed by atoms with Gasteiger partial charge in [-0.1, -0.05) is 48.5 Å². The van der Waals surface area contributed by atoms with Crippen LogP contribution in [0.1, 0.15) is 34.5 Å². The van der Waals surface area contributed by atoms with Crippen molar-refractivity contribution in [2.75, 3.05) is 32.8 Å². The molecule has 2 unspecified atom stereocenters. The van der Waals surface area contributed by atoms with Gasteiger partial charge in [0.05, 0.1) is 24.8 Å². The molecule has 2 heterocycles. The number of fused-ring (bicyclic) bond motifs is 1. The second-order valence-corrected chi connectivity index (χ2v) is 7.74. The third-order valence-electron chi connectivity index (χ3n) is 5.69. The van der Waals surface area contributed by atoms with Crippen molar-refractivity contribution in [3.8, 4) is 0 Å². The number of carbonyl (C=O) groups is 2. The number of rotatable bonds is 5. The maximum atomic E-state index is 13.1. The second-order valence-electron chi connectivity index (χ2n) is 7.74. The number of amides is 1. The van der Waals surface area contributed by atoms with Crippen LogP contribution in [-0.4, -0.2) is 55.2 Å². The average Bonchev–Trinajstić information content (AvgIpc) is 2.75. The molecular weight excluding hydrogens is 368 g/mol. The van der Waals surface area contributed by atoms with Gasteiger partial charge in [-0.25, -0.2) is 4.79 Å². The van der Waals surface area contributed by atoms with E-state index >= 15 is 0 Å². The van der Waals surface area contributed by atoms with Crippen molar-refractivity contribution >= 4 is 11.9 Å². The molecule has 0 aliphatic carbocycles. The van der Waals surface area contributed by atoms with Crippen LogP contribution in [-0.2, 0) is 20.7 Å². The molecular formula is C23H26N2O4. The highest BCUT2D eigenvalue weighted by Gasteiger charge is 2.42. The lowest BCUT2D eigenvalue weighted by atomic mass is 9.89. The summed E-state index contributed by atoms with van der Waals surface area (Å²) in [6.07, 6.45) is 0.369. The molecule has 0 radical (unpaired) electrons. The third-order valence-corrected chi connectivity index (χ3v) is 5.69. The van der Waals surface area contributed by atoms with Crippen molar-refractivity contribution in [1.82, 2.24) is 10.2 Å². The maximum absolute atomic E-state index is 13.1. The molecule has 0 saturated carbocycles. The lowest BCUT2D eigenvalue weighted by molar-refractivity contribution is -0.140. The Morgan fingerprint density at radius 2 is 1.79 bits per heavy atom. The maximum Gasteiger partial charge on any atom is 0.339 e. The zero-order valence-corrected chi connectivity index (χ0v) is 16.6. The molecule has 2 aromatic rings. The zero-order valence-electron chi connectivity index (χ0n) is 16.6. The lowest BCUT2D eigenvalue weighted by Crippen LogP contribution is -2.53. The highest BCUT2D eigenvalue weighted by Crippen LogP contribution is 2.29. The van der Waals surface area contributed by atoms with Crippen LogP contribution < -0.4 is 5.32 Å². The number of hydrogen-bond acceptors (Lipinski definition) is 5. The van der Waals surface area contributed by atoms with E-state index in [-0.39, 0.29) is 11.9 Å². The van der Waals surface area contributed by atoms with Crippen LogP contribution in [0.2, 0.25) is 0 Å². The highest BCUT2D eigenvalue weighted by molar-refractivity contribution is 5.97. The largest absolute Gasteiger partial charge is 0.445 e. The first-order chi connectivity index (χ1) is 14.1. The monoisotopic (exact) mass is 394 g/mol. The molecule has 1 amide bonds. The number of hydrogen-bond donors (Lipinski definition) is 1. The molecule has 1 N–H and O–H groups in total. The molecule has 29 heavy (non-hydrogen) atoms. The molecule has 2 aliphatic rings. The molecule has 152 valence electrons. The first kappa shape index (κ1) is 19.6. The summed E-state index contributed by atoms with van der Waals surface area (Å²) in [7, 11) is 0. The van der Waals surface area contributed by atoms with Crippen molar-refractivity contribution in [3.63, 3.8) is 0 Å². The number of cyclic esters (lactones) is 1. The molecule has 2 aromatic carbocycles. The standard InChI is InChI=1S/C23H26N2O4/c1-23(15-18-9-5-6-10-19(18)21(26)29-23)22(27)24-16-20(17-7-3-2-4-8-17)25-11-13-28-14-12-25/h2-10,20H,11-16H2,1H3,(H,24,27). The van der Waals surface area contributed by atoms with Crippen LogP contribution in [0.25, 0.3) is 0 Å². The fourth-order valence-electron chi connectivity index (χ4n) is 4.06. The van der Waals surface area contributed by atoms with E-state index in [1.165, 1.54) is 0 Å². The minimum absolute atomic E-state index is 0.0410. The smallest absolute Gasteiger partial charge is 0.339 e. The first-order valence-corrected chi connectivity index (χ1v) is 10.0. The van der Waals surface area contributed by atoms with Gasteiger partial charge in [-0.3, -0.25) is 9.69 Å². The first-order valence-electron chi connectivity index (χ1n) is 10.0. The molecule has 2 aliphatic heterocycles. The summed E-state index contributed by atoms with van der Waals surface area (Å²) in [5.41, 5.74) is 1.31. The van der Waals surface area contributed by atoms with Gasteiger partial charge in [0.25, 0.3) is 5.91 Å². The number of nitrogens with one attached hydrogen (secondary N) is 1. The van der Waals surface area contributed by atoms with Crippen molar-refractivity contribution in [2.24, 2.45) is 0 Å². The Morgan fingerprint density at radius 1 is 1.10 bits per heavy atom. The summed E-state index contributed by atoms with van der Waals surface area (Å²) < 4.78 is 11.0. The van der Waals surface area contributed by atoms with E-state index in [4.69, 9.17) is 9.47 Å². The van der Waals surface area contributed by atoms with E-state index in [1.54, 1.807) is 19.1 Å². The average molecular weight is 394 g/mol. The van der Waals surface area contributed by atoms with Crippen LogP contribution in [0, 0.1) is 0 Å². The van der Waals surface area contributed by atoms with E-state index in [1.807, 2.05) is 30.3 Å². The Labute approximate surface area is 170 Å². The summed E-state index contributed by atoms with van der Waals surface area (Å²) in [5, 5.41) is 3.04. The Bertz CT molecular complexity index is 879. The van der Waals surface area contributed by atoms with E-state index < -0.39 is 11.6 Å². The quantitative estimate of drug-likeness (QED) is 0.789. The van der Waals surface area contributed by atoms with Crippen LogP contribution >= 0.6 is 0 Å². The Hall–Kier alpha value is -2.70. The van der Waals surface area contributed by atoms with Gasteiger partial charge in [-0.05, 0) is 24.1 Å². The molecule has 0 aromatic heterocycles. The highest BCUT2D eigenvalue weighted by atomic mass is 16.6. The third kappa shape index (κ3) is 4.18. The van der Waals surface area contributed by atoms with Gasteiger partial charge in [0.2, 0.25) is 0 Å². The van der Waals surface area contributed by atoms with Crippen molar-refractivity contribution in [3.05, 3.63) is 71.3 Å². The summed E-state index contributed by atoms with van der Waals surface area (Å²) in [4.78, 5) is 27.8. The normalized spacial score (nSPS) is 23.0. The number of morpholine rings is 1. The number of benzene rings is 2. The van der Waals surface area contributed by atoms with E-state index in [9.17, 15) is 9.59 Å². The Balaban J connectivity index is 1.48. The van der Waals surface area contributed by atoms with Gasteiger partial charge in [0.1, 0.15) is 0 Å². The molecule has 0 spiro atoms. The number of ether oxygens (including phenoxy) is 2. The number of nitrogens with zero attached hydrogens (tertiary/aromatic N) is 1. The number of carbonyl (C=O) groups excluding carboxylic acids is 2. The molecule has 1 saturated heterocycles. The van der Waals surface area contributed by atoms with Gasteiger partial charge in [-0.2, -0.15) is 0 Å². The minimum Gasteiger partial charge on any atom is -0.445 e. The zero-order chi connectivity index (χ0) is 20.3. The predicted molar refractivity (Wildman–Crippen MR) is 109 cm³/mol. The molecule has 2 atom stereocenters. The lowest BCUT2D eigenvalue weighted by Gasteiger charge is -2.37. The predicted octanol–water partition coefficient (Wildman–Crippen LogP) is 2.35. The van der Waals surface area contributed by atoms with Crippen LogP contribution in [0.5, 0.6) is 0 Å². The van der Waals surface area contributed by atoms with Gasteiger partial charge in [0.15, 0.2) is 5.60 Å². The van der Waals surface area contributed by atoms with Crippen molar-refractivity contribution in [2.45, 2.75) is 25.0 Å². The summed E-state index contributed by atoms with van der Waals surface area (Å²) >= 11 is 0. The summed E-state index contributed by atoms with van der Waals surface area (Å²) in [6.45, 7) is 5.12. The summed E-state index contributed by atoms with van der Waals surface area (Å²) in [6, 6.07) is 17.5. The van der Waals surface area contributed by atoms with Crippen molar-refractivity contribution in [1.29, 1.82) is 0 Å².